The topological polar surface area (TPSA) is 48.4 Å². The normalized spacial score (nSPS) is 11.4. The van der Waals surface area contributed by atoms with Crippen LogP contribution in [0.5, 0.6) is 5.88 Å². The van der Waals surface area contributed by atoms with Crippen molar-refractivity contribution in [2.75, 3.05) is 6.61 Å². The Labute approximate surface area is 179 Å². The fourth-order valence-electron chi connectivity index (χ4n) is 3.00. The van der Waals surface area contributed by atoms with Crippen LogP contribution in [-0.4, -0.2) is 23.2 Å². The summed E-state index contributed by atoms with van der Waals surface area (Å²) in [5.74, 6) is 0.631. The van der Waals surface area contributed by atoms with Crippen LogP contribution >= 0.6 is 15.9 Å². The largest absolute Gasteiger partial charge is 0.478 e. The highest BCUT2D eigenvalue weighted by Gasteiger charge is 2.15. The predicted molar refractivity (Wildman–Crippen MR) is 119 cm³/mol. The lowest BCUT2D eigenvalue weighted by Gasteiger charge is -2.19. The molecule has 0 unspecified atom stereocenters. The molecule has 5 heteroatoms. The molecule has 0 aliphatic heterocycles. The van der Waals surface area contributed by atoms with Crippen molar-refractivity contribution in [2.45, 2.75) is 103 Å². The van der Waals surface area contributed by atoms with Crippen molar-refractivity contribution >= 4 is 21.9 Å². The van der Waals surface area contributed by atoms with Crippen LogP contribution in [0, 0.1) is 0 Å². The van der Waals surface area contributed by atoms with E-state index in [1.807, 2.05) is 32.9 Å². The number of pyridine rings is 1. The van der Waals surface area contributed by atoms with Crippen LogP contribution in [0.3, 0.4) is 0 Å². The quantitative estimate of drug-likeness (QED) is 0.206. The van der Waals surface area contributed by atoms with Crippen molar-refractivity contribution in [3.05, 3.63) is 22.8 Å². The Morgan fingerprint density at radius 2 is 1.46 bits per heavy atom. The summed E-state index contributed by atoms with van der Waals surface area (Å²) in [7, 11) is 0. The van der Waals surface area contributed by atoms with E-state index in [9.17, 15) is 4.79 Å². The molecule has 0 radical (unpaired) electrons. The fourth-order valence-corrected chi connectivity index (χ4v) is 3.31. The highest BCUT2D eigenvalue weighted by molar-refractivity contribution is 9.10. The van der Waals surface area contributed by atoms with Crippen LogP contribution in [0.4, 0.5) is 0 Å². The molecule has 0 amide bonds. The summed E-state index contributed by atoms with van der Waals surface area (Å²) in [5.41, 5.74) is -0.360. The van der Waals surface area contributed by atoms with Crippen molar-refractivity contribution in [3.8, 4) is 5.88 Å². The van der Waals surface area contributed by atoms with Crippen molar-refractivity contribution in [1.82, 2.24) is 4.98 Å². The van der Waals surface area contributed by atoms with E-state index < -0.39 is 0 Å². The molecule has 0 aliphatic carbocycles. The van der Waals surface area contributed by atoms with Gasteiger partial charge in [-0.3, -0.25) is 4.79 Å². The second kappa shape index (κ2) is 14.8. The zero-order chi connectivity index (χ0) is 20.7. The number of rotatable bonds is 15. The van der Waals surface area contributed by atoms with Gasteiger partial charge in [-0.25, -0.2) is 4.98 Å². The van der Waals surface area contributed by atoms with Crippen LogP contribution in [0.25, 0.3) is 0 Å². The Morgan fingerprint density at radius 3 is 2.00 bits per heavy atom. The van der Waals surface area contributed by atoms with Gasteiger partial charge >= 0.3 is 5.97 Å². The number of aromatic nitrogens is 1. The number of esters is 1. The highest BCUT2D eigenvalue weighted by atomic mass is 79.9. The lowest BCUT2D eigenvalue weighted by atomic mass is 10.1. The van der Waals surface area contributed by atoms with Crippen LogP contribution < -0.4 is 4.74 Å². The van der Waals surface area contributed by atoms with Gasteiger partial charge in [-0.05, 0) is 39.7 Å². The van der Waals surface area contributed by atoms with Crippen molar-refractivity contribution in [1.29, 1.82) is 0 Å². The Morgan fingerprint density at radius 1 is 0.929 bits per heavy atom. The second-order valence-electron chi connectivity index (χ2n) is 8.39. The van der Waals surface area contributed by atoms with E-state index in [0.717, 1.165) is 30.3 Å². The first-order valence-corrected chi connectivity index (χ1v) is 11.6. The molecule has 0 spiro atoms. The zero-order valence-electron chi connectivity index (χ0n) is 18.0. The molecule has 0 aliphatic rings. The number of carbonyl (C=O) groups is 1. The molecule has 1 heterocycles. The number of ether oxygens (including phenoxy) is 2. The van der Waals surface area contributed by atoms with Crippen molar-refractivity contribution in [3.63, 3.8) is 0 Å². The molecular formula is C23H38BrNO3. The van der Waals surface area contributed by atoms with Gasteiger partial charge in [-0.2, -0.15) is 0 Å². The molecule has 0 N–H and O–H groups in total. The number of carbonyl (C=O) groups excluding carboxylic acids is 1. The molecule has 0 saturated heterocycles. The van der Waals surface area contributed by atoms with E-state index in [0.29, 0.717) is 12.3 Å². The lowest BCUT2D eigenvalue weighted by molar-refractivity contribution is -0.154. The standard InChI is InChI=1S/C23H38BrNO3/c1-23(2,3)28-22(26)15-13-11-9-7-5-4-6-8-10-12-14-18-27-21-19-20(24)16-17-25-21/h16-17,19H,4-15,18H2,1-3H3. The zero-order valence-corrected chi connectivity index (χ0v) is 19.6. The third-order valence-corrected chi connectivity index (χ3v) is 4.89. The van der Waals surface area contributed by atoms with Gasteiger partial charge in [0.05, 0.1) is 6.61 Å². The van der Waals surface area contributed by atoms with Crippen LogP contribution in [0.1, 0.15) is 97.8 Å². The molecule has 0 aromatic carbocycles. The lowest BCUT2D eigenvalue weighted by Crippen LogP contribution is -2.23. The number of hydrogen-bond donors (Lipinski definition) is 0. The summed E-state index contributed by atoms with van der Waals surface area (Å²) >= 11 is 3.42. The number of halogens is 1. The molecule has 1 rings (SSSR count). The predicted octanol–water partition coefficient (Wildman–Crippen LogP) is 7.25. The second-order valence-corrected chi connectivity index (χ2v) is 9.30. The molecule has 0 saturated carbocycles. The summed E-state index contributed by atoms with van der Waals surface area (Å²) in [6.45, 7) is 6.49. The van der Waals surface area contributed by atoms with Crippen LogP contribution in [0.2, 0.25) is 0 Å². The molecule has 1 aromatic rings. The molecule has 0 bridgehead atoms. The summed E-state index contributed by atoms with van der Waals surface area (Å²) in [5, 5.41) is 0. The van der Waals surface area contributed by atoms with Crippen LogP contribution in [-0.2, 0) is 9.53 Å². The minimum Gasteiger partial charge on any atom is -0.478 e. The SMILES string of the molecule is CC(C)(C)OC(=O)CCCCCCCCCCCCCOc1cc(Br)ccn1. The van der Waals surface area contributed by atoms with Gasteiger partial charge < -0.3 is 9.47 Å². The highest BCUT2D eigenvalue weighted by Crippen LogP contribution is 2.16. The Balaban J connectivity index is 1.80. The molecule has 0 fully saturated rings. The Bertz CT molecular complexity index is 543. The van der Waals surface area contributed by atoms with Crippen molar-refractivity contribution < 1.29 is 14.3 Å². The smallest absolute Gasteiger partial charge is 0.306 e. The average molecular weight is 456 g/mol. The molecule has 4 nitrogen and oxygen atoms in total. The van der Waals surface area contributed by atoms with E-state index in [1.165, 1.54) is 51.4 Å². The summed E-state index contributed by atoms with van der Waals surface area (Å²) in [6.07, 6.45) is 15.8. The molecular weight excluding hydrogens is 418 g/mol. The maximum absolute atomic E-state index is 11.6. The monoisotopic (exact) mass is 455 g/mol. The van der Waals surface area contributed by atoms with Gasteiger partial charge in [0.15, 0.2) is 0 Å². The summed E-state index contributed by atoms with van der Waals surface area (Å²) in [4.78, 5) is 15.8. The minimum atomic E-state index is -0.360. The summed E-state index contributed by atoms with van der Waals surface area (Å²) < 4.78 is 12.0. The van der Waals surface area contributed by atoms with Gasteiger partial charge in [-0.15, -0.1) is 0 Å². The van der Waals surface area contributed by atoms with E-state index >= 15 is 0 Å². The third-order valence-electron chi connectivity index (χ3n) is 4.39. The first-order valence-electron chi connectivity index (χ1n) is 10.8. The molecule has 28 heavy (non-hydrogen) atoms. The maximum atomic E-state index is 11.6. The molecule has 1 aromatic heterocycles. The third kappa shape index (κ3) is 14.9. The maximum Gasteiger partial charge on any atom is 0.306 e. The minimum absolute atomic E-state index is 0.0641. The van der Waals surface area contributed by atoms with Gasteiger partial charge in [0.25, 0.3) is 0 Å². The first-order chi connectivity index (χ1) is 13.4. The van der Waals surface area contributed by atoms with Crippen LogP contribution in [0.15, 0.2) is 22.8 Å². The molecule has 0 atom stereocenters. The van der Waals surface area contributed by atoms with E-state index in [4.69, 9.17) is 9.47 Å². The van der Waals surface area contributed by atoms with Gasteiger partial charge in [-0.1, -0.05) is 73.7 Å². The van der Waals surface area contributed by atoms with Crippen molar-refractivity contribution in [2.24, 2.45) is 0 Å². The summed E-state index contributed by atoms with van der Waals surface area (Å²) in [6, 6.07) is 3.80. The van der Waals surface area contributed by atoms with Gasteiger partial charge in [0, 0.05) is 23.2 Å². The van der Waals surface area contributed by atoms with E-state index in [1.54, 1.807) is 6.20 Å². The Hall–Kier alpha value is -1.10. The Kier molecular flexibility index (Phi) is 13.2. The van der Waals surface area contributed by atoms with E-state index in [-0.39, 0.29) is 11.6 Å². The number of unbranched alkanes of at least 4 members (excludes halogenated alkanes) is 10. The van der Waals surface area contributed by atoms with Gasteiger partial charge in [0.1, 0.15) is 5.60 Å². The number of hydrogen-bond acceptors (Lipinski definition) is 4. The first kappa shape index (κ1) is 24.9. The average Bonchev–Trinajstić information content (AvgIpc) is 2.60. The number of nitrogens with zero attached hydrogens (tertiary/aromatic N) is 1. The fraction of sp³-hybridized carbons (Fsp3) is 0.739. The van der Waals surface area contributed by atoms with E-state index in [2.05, 4.69) is 20.9 Å². The molecule has 160 valence electrons. The van der Waals surface area contributed by atoms with Gasteiger partial charge in [0.2, 0.25) is 5.88 Å².